The van der Waals surface area contributed by atoms with Crippen molar-refractivity contribution < 1.29 is 14.4 Å². The second kappa shape index (κ2) is 7.89. The molecule has 6 heteroatoms. The monoisotopic (exact) mass is 357 g/mol. The average Bonchev–Trinajstić information content (AvgIpc) is 2.87. The molecule has 0 radical (unpaired) electrons. The van der Waals surface area contributed by atoms with E-state index in [0.717, 1.165) is 37.0 Å². The summed E-state index contributed by atoms with van der Waals surface area (Å²) in [5, 5.41) is 5.68. The first-order chi connectivity index (χ1) is 12.5. The lowest BCUT2D eigenvalue weighted by atomic mass is 9.73. The molecule has 140 valence electrons. The second-order valence-electron chi connectivity index (χ2n) is 7.38. The van der Waals surface area contributed by atoms with Crippen molar-refractivity contribution in [1.29, 1.82) is 0 Å². The van der Waals surface area contributed by atoms with Crippen molar-refractivity contribution in [3.8, 4) is 0 Å². The zero-order chi connectivity index (χ0) is 18.6. The molecule has 0 aromatic heterocycles. The molecule has 1 heterocycles. The van der Waals surface area contributed by atoms with E-state index in [-0.39, 0.29) is 24.3 Å². The van der Waals surface area contributed by atoms with Gasteiger partial charge in [0.05, 0.1) is 0 Å². The molecule has 1 saturated carbocycles. The quantitative estimate of drug-likeness (QED) is 0.605. The highest BCUT2D eigenvalue weighted by Gasteiger charge is 2.55. The Kier molecular flexibility index (Phi) is 5.59. The van der Waals surface area contributed by atoms with Crippen LogP contribution in [0.5, 0.6) is 0 Å². The Bertz CT molecular complexity index is 676. The van der Waals surface area contributed by atoms with Crippen LogP contribution in [0.25, 0.3) is 0 Å². The summed E-state index contributed by atoms with van der Waals surface area (Å²) in [6.45, 7) is 2.33. The molecule has 1 spiro atoms. The summed E-state index contributed by atoms with van der Waals surface area (Å²) < 4.78 is 0. The molecule has 1 aliphatic carbocycles. The highest BCUT2D eigenvalue weighted by molar-refractivity contribution is 6.09. The third kappa shape index (κ3) is 3.74. The van der Waals surface area contributed by atoms with E-state index in [1.807, 2.05) is 25.1 Å². The van der Waals surface area contributed by atoms with Gasteiger partial charge in [-0.15, -0.1) is 0 Å². The summed E-state index contributed by atoms with van der Waals surface area (Å²) in [7, 11) is 0. The van der Waals surface area contributed by atoms with Gasteiger partial charge in [-0.05, 0) is 37.2 Å². The maximum atomic E-state index is 12.8. The fourth-order valence-corrected chi connectivity index (χ4v) is 4.00. The first-order valence-corrected chi connectivity index (χ1v) is 9.47. The van der Waals surface area contributed by atoms with Gasteiger partial charge in [-0.1, -0.05) is 50.1 Å². The third-order valence-electron chi connectivity index (χ3n) is 5.61. The predicted molar refractivity (Wildman–Crippen MR) is 98.4 cm³/mol. The number of carbonyl (C=O) groups is 3. The molecule has 2 aliphatic rings. The summed E-state index contributed by atoms with van der Waals surface area (Å²) in [5.41, 5.74) is 0.423. The van der Waals surface area contributed by atoms with Crippen molar-refractivity contribution in [3.05, 3.63) is 35.9 Å². The Morgan fingerprint density at radius 3 is 2.77 bits per heavy atom. The summed E-state index contributed by atoms with van der Waals surface area (Å²) in [6, 6.07) is 9.63. The molecule has 1 saturated heterocycles. The van der Waals surface area contributed by atoms with Crippen LogP contribution < -0.4 is 10.6 Å². The normalized spacial score (nSPS) is 25.4. The largest absolute Gasteiger partial charge is 0.355 e. The van der Waals surface area contributed by atoms with Crippen LogP contribution >= 0.6 is 0 Å². The smallest absolute Gasteiger partial charge is 0.325 e. The van der Waals surface area contributed by atoms with Crippen molar-refractivity contribution in [1.82, 2.24) is 15.5 Å². The summed E-state index contributed by atoms with van der Waals surface area (Å²) in [4.78, 5) is 38.3. The van der Waals surface area contributed by atoms with Gasteiger partial charge in [-0.3, -0.25) is 14.5 Å². The maximum Gasteiger partial charge on any atom is 0.325 e. The Morgan fingerprint density at radius 2 is 2.04 bits per heavy atom. The van der Waals surface area contributed by atoms with Crippen molar-refractivity contribution in [3.63, 3.8) is 0 Å². The van der Waals surface area contributed by atoms with Gasteiger partial charge in [0.25, 0.3) is 5.91 Å². The number of urea groups is 1. The van der Waals surface area contributed by atoms with E-state index in [0.29, 0.717) is 13.0 Å². The van der Waals surface area contributed by atoms with Gasteiger partial charge in [-0.25, -0.2) is 4.79 Å². The molecule has 1 aromatic carbocycles. The van der Waals surface area contributed by atoms with Crippen LogP contribution in [0.15, 0.2) is 30.3 Å². The number of nitrogens with one attached hydrogen (secondary N) is 2. The Labute approximate surface area is 154 Å². The molecule has 4 amide bonds. The van der Waals surface area contributed by atoms with E-state index in [4.69, 9.17) is 0 Å². The molecule has 2 atom stereocenters. The lowest BCUT2D eigenvalue weighted by Crippen LogP contribution is -2.54. The molecule has 0 bridgehead atoms. The van der Waals surface area contributed by atoms with Gasteiger partial charge >= 0.3 is 6.03 Å². The molecule has 1 aromatic rings. The fraction of sp³-hybridized carbons (Fsp3) is 0.550. The van der Waals surface area contributed by atoms with E-state index in [1.54, 1.807) is 0 Å². The lowest BCUT2D eigenvalue weighted by Gasteiger charge is -2.36. The Hall–Kier alpha value is -2.37. The molecule has 1 aliphatic heterocycles. The van der Waals surface area contributed by atoms with E-state index >= 15 is 0 Å². The summed E-state index contributed by atoms with van der Waals surface area (Å²) in [6.07, 6.45) is 5.28. The number of rotatable bonds is 6. The van der Waals surface area contributed by atoms with E-state index in [2.05, 4.69) is 22.8 Å². The molecule has 0 unspecified atom stereocenters. The summed E-state index contributed by atoms with van der Waals surface area (Å²) >= 11 is 0. The van der Waals surface area contributed by atoms with E-state index in [9.17, 15) is 14.4 Å². The van der Waals surface area contributed by atoms with Gasteiger partial charge in [0.2, 0.25) is 5.91 Å². The lowest BCUT2D eigenvalue weighted by molar-refractivity contribution is -0.137. The maximum absolute atomic E-state index is 12.8. The second-order valence-corrected chi connectivity index (χ2v) is 7.38. The summed E-state index contributed by atoms with van der Waals surface area (Å²) in [5.74, 6) is -0.428. The van der Waals surface area contributed by atoms with Crippen LogP contribution in [0.4, 0.5) is 4.79 Å². The zero-order valence-electron chi connectivity index (χ0n) is 15.3. The number of hydrogen-bond donors (Lipinski definition) is 2. The average molecular weight is 357 g/mol. The third-order valence-corrected chi connectivity index (χ3v) is 5.61. The number of amides is 4. The molecule has 2 N–H and O–H groups in total. The number of hydrogen-bond acceptors (Lipinski definition) is 3. The minimum atomic E-state index is -0.803. The van der Waals surface area contributed by atoms with Gasteiger partial charge in [0, 0.05) is 6.54 Å². The molecular weight excluding hydrogens is 330 g/mol. The van der Waals surface area contributed by atoms with Gasteiger partial charge < -0.3 is 10.6 Å². The first kappa shape index (κ1) is 18.4. The minimum absolute atomic E-state index is 0.103. The van der Waals surface area contributed by atoms with Crippen molar-refractivity contribution >= 4 is 17.8 Å². The van der Waals surface area contributed by atoms with Gasteiger partial charge in [0.1, 0.15) is 12.1 Å². The van der Waals surface area contributed by atoms with E-state index in [1.165, 1.54) is 5.56 Å². The zero-order valence-corrected chi connectivity index (χ0v) is 15.3. The highest BCUT2D eigenvalue weighted by Crippen LogP contribution is 2.38. The highest BCUT2D eigenvalue weighted by atomic mass is 16.2. The molecule has 26 heavy (non-hydrogen) atoms. The number of carbonyl (C=O) groups excluding carboxylic acids is 3. The van der Waals surface area contributed by atoms with Crippen molar-refractivity contribution in [2.75, 3.05) is 13.1 Å². The van der Waals surface area contributed by atoms with Crippen molar-refractivity contribution in [2.45, 2.75) is 51.0 Å². The van der Waals surface area contributed by atoms with E-state index < -0.39 is 11.6 Å². The van der Waals surface area contributed by atoms with Crippen molar-refractivity contribution in [2.24, 2.45) is 5.92 Å². The molecule has 6 nitrogen and oxygen atoms in total. The van der Waals surface area contributed by atoms with Crippen LogP contribution in [0.1, 0.15) is 44.6 Å². The first-order valence-electron chi connectivity index (χ1n) is 9.47. The fourth-order valence-electron chi connectivity index (χ4n) is 4.00. The standard InChI is InChI=1S/C20H27N3O3/c1-15-8-5-6-12-20(15)18(25)23(19(26)22-20)14-17(24)21-13-7-11-16-9-3-2-4-10-16/h2-4,9-10,15H,5-8,11-14H2,1H3,(H,21,24)(H,22,26)/t15-,20+/m1/s1. The van der Waals surface area contributed by atoms with Gasteiger partial charge in [-0.2, -0.15) is 0 Å². The molecule has 3 rings (SSSR count). The number of benzene rings is 1. The molecular formula is C20H27N3O3. The minimum Gasteiger partial charge on any atom is -0.355 e. The van der Waals surface area contributed by atoms with Crippen LogP contribution in [-0.4, -0.2) is 41.4 Å². The number of aryl methyl sites for hydroxylation is 1. The Balaban J connectivity index is 1.48. The van der Waals surface area contributed by atoms with Gasteiger partial charge in [0.15, 0.2) is 0 Å². The molecule has 2 fully saturated rings. The van der Waals surface area contributed by atoms with Crippen LogP contribution in [0, 0.1) is 5.92 Å². The predicted octanol–water partition coefficient (Wildman–Crippen LogP) is 2.24. The Morgan fingerprint density at radius 1 is 1.27 bits per heavy atom. The van der Waals surface area contributed by atoms with Crippen LogP contribution in [0.3, 0.4) is 0 Å². The van der Waals surface area contributed by atoms with Crippen LogP contribution in [0.2, 0.25) is 0 Å². The number of nitrogens with zero attached hydrogens (tertiary/aromatic N) is 1. The van der Waals surface area contributed by atoms with Crippen LogP contribution in [-0.2, 0) is 16.0 Å². The topological polar surface area (TPSA) is 78.5 Å². The SMILES string of the molecule is C[C@@H]1CCCC[C@]12NC(=O)N(CC(=O)NCCCc1ccccc1)C2=O. The number of imide groups is 1.